The highest BCUT2D eigenvalue weighted by Crippen LogP contribution is 2.19. The van der Waals surface area contributed by atoms with Crippen molar-refractivity contribution >= 4 is 11.5 Å². The van der Waals surface area contributed by atoms with Crippen molar-refractivity contribution in [2.45, 2.75) is 6.42 Å². The van der Waals surface area contributed by atoms with Crippen LogP contribution in [0.15, 0.2) is 48.7 Å². The standard InChI is InChI=1S/C18H17F2N3O/c19-15-9-14(10-16(20)11-15)18(24)22-12-23-7-4-13(5-8-23)17-3-1-2-6-21-17/h1-4,6,9-11H,5,7-8,12H2,(H,22,24). The number of hydrogen-bond acceptors (Lipinski definition) is 3. The zero-order chi connectivity index (χ0) is 16.9. The monoisotopic (exact) mass is 329 g/mol. The molecule has 0 atom stereocenters. The highest BCUT2D eigenvalue weighted by atomic mass is 19.1. The molecule has 0 saturated carbocycles. The molecule has 1 aliphatic heterocycles. The van der Waals surface area contributed by atoms with Gasteiger partial charge in [0.1, 0.15) is 11.6 Å². The second kappa shape index (κ2) is 7.31. The lowest BCUT2D eigenvalue weighted by atomic mass is 10.0. The molecule has 1 aromatic carbocycles. The first-order valence-corrected chi connectivity index (χ1v) is 7.69. The molecule has 0 unspecified atom stereocenters. The summed E-state index contributed by atoms with van der Waals surface area (Å²) in [7, 11) is 0. The van der Waals surface area contributed by atoms with Gasteiger partial charge in [0.2, 0.25) is 0 Å². The van der Waals surface area contributed by atoms with E-state index in [0.29, 0.717) is 13.2 Å². The third-order valence-electron chi connectivity index (χ3n) is 3.88. The molecule has 0 radical (unpaired) electrons. The molecule has 1 N–H and O–H groups in total. The van der Waals surface area contributed by atoms with Gasteiger partial charge in [-0.3, -0.25) is 14.7 Å². The van der Waals surface area contributed by atoms with Crippen LogP contribution in [-0.2, 0) is 0 Å². The maximum absolute atomic E-state index is 13.1. The number of aromatic nitrogens is 1. The Morgan fingerprint density at radius 3 is 2.62 bits per heavy atom. The van der Waals surface area contributed by atoms with Gasteiger partial charge in [-0.15, -0.1) is 0 Å². The summed E-state index contributed by atoms with van der Waals surface area (Å²) in [6.45, 7) is 1.78. The van der Waals surface area contributed by atoms with Crippen molar-refractivity contribution in [3.05, 3.63) is 71.6 Å². The Labute approximate surface area is 138 Å². The third kappa shape index (κ3) is 4.02. The number of nitrogens with zero attached hydrogens (tertiary/aromatic N) is 2. The Morgan fingerprint density at radius 1 is 1.21 bits per heavy atom. The minimum Gasteiger partial charge on any atom is -0.339 e. The predicted molar refractivity (Wildman–Crippen MR) is 87.1 cm³/mol. The summed E-state index contributed by atoms with van der Waals surface area (Å²) in [5.41, 5.74) is 2.14. The van der Waals surface area contributed by atoms with Gasteiger partial charge in [0.25, 0.3) is 5.91 Å². The van der Waals surface area contributed by atoms with Gasteiger partial charge in [-0.2, -0.15) is 0 Å². The summed E-state index contributed by atoms with van der Waals surface area (Å²) in [5.74, 6) is -2.02. The molecule has 0 saturated heterocycles. The largest absolute Gasteiger partial charge is 0.339 e. The second-order valence-electron chi connectivity index (χ2n) is 5.59. The van der Waals surface area contributed by atoms with Gasteiger partial charge in [-0.1, -0.05) is 12.1 Å². The molecule has 0 bridgehead atoms. The van der Waals surface area contributed by atoms with Crippen LogP contribution in [0.3, 0.4) is 0 Å². The lowest BCUT2D eigenvalue weighted by Gasteiger charge is -2.26. The topological polar surface area (TPSA) is 45.2 Å². The summed E-state index contributed by atoms with van der Waals surface area (Å²) >= 11 is 0. The number of amides is 1. The Balaban J connectivity index is 1.55. The minimum atomic E-state index is -0.763. The van der Waals surface area contributed by atoms with Crippen molar-refractivity contribution in [1.29, 1.82) is 0 Å². The van der Waals surface area contributed by atoms with Crippen molar-refractivity contribution in [3.8, 4) is 0 Å². The van der Waals surface area contributed by atoms with Gasteiger partial charge in [0.05, 0.1) is 12.4 Å². The summed E-state index contributed by atoms with van der Waals surface area (Å²) in [6, 6.07) is 8.59. The van der Waals surface area contributed by atoms with Gasteiger partial charge in [-0.05, 0) is 36.3 Å². The van der Waals surface area contributed by atoms with Crippen LogP contribution in [-0.4, -0.2) is 35.5 Å². The van der Waals surface area contributed by atoms with Crippen molar-refractivity contribution in [2.75, 3.05) is 19.8 Å². The Kier molecular flexibility index (Phi) is 4.96. The Hall–Kier alpha value is -2.60. The highest BCUT2D eigenvalue weighted by molar-refractivity contribution is 5.94. The molecule has 0 fully saturated rings. The van der Waals surface area contributed by atoms with Crippen LogP contribution in [0.2, 0.25) is 0 Å². The van der Waals surface area contributed by atoms with E-state index in [-0.39, 0.29) is 5.56 Å². The van der Waals surface area contributed by atoms with Crippen LogP contribution in [0, 0.1) is 11.6 Å². The highest BCUT2D eigenvalue weighted by Gasteiger charge is 2.15. The molecule has 1 amide bonds. The summed E-state index contributed by atoms with van der Waals surface area (Å²) < 4.78 is 26.3. The van der Waals surface area contributed by atoms with E-state index in [1.807, 2.05) is 23.1 Å². The SMILES string of the molecule is O=C(NCN1CC=C(c2ccccn2)CC1)c1cc(F)cc(F)c1. The van der Waals surface area contributed by atoms with Crippen molar-refractivity contribution < 1.29 is 13.6 Å². The first-order valence-electron chi connectivity index (χ1n) is 7.69. The smallest absolute Gasteiger partial charge is 0.252 e. The van der Waals surface area contributed by atoms with Crippen molar-refractivity contribution in [2.24, 2.45) is 0 Å². The van der Waals surface area contributed by atoms with E-state index in [4.69, 9.17) is 0 Å². The average molecular weight is 329 g/mol. The first kappa shape index (κ1) is 16.3. The van der Waals surface area contributed by atoms with Crippen molar-refractivity contribution in [3.63, 3.8) is 0 Å². The third-order valence-corrected chi connectivity index (χ3v) is 3.88. The van der Waals surface area contributed by atoms with Crippen LogP contribution in [0.1, 0.15) is 22.5 Å². The molecule has 24 heavy (non-hydrogen) atoms. The Morgan fingerprint density at radius 2 is 2.00 bits per heavy atom. The fraction of sp³-hybridized carbons (Fsp3) is 0.222. The number of benzene rings is 1. The lowest BCUT2D eigenvalue weighted by molar-refractivity contribution is 0.0925. The summed E-state index contributed by atoms with van der Waals surface area (Å²) in [4.78, 5) is 18.4. The van der Waals surface area contributed by atoms with Crippen LogP contribution in [0.25, 0.3) is 5.57 Å². The number of carbonyl (C=O) groups is 1. The van der Waals surface area contributed by atoms with E-state index in [0.717, 1.165) is 36.9 Å². The number of pyridine rings is 1. The fourth-order valence-electron chi connectivity index (χ4n) is 2.61. The van der Waals surface area contributed by atoms with E-state index in [1.54, 1.807) is 6.20 Å². The van der Waals surface area contributed by atoms with Gasteiger partial charge < -0.3 is 5.32 Å². The Bertz CT molecular complexity index is 742. The molecule has 124 valence electrons. The summed E-state index contributed by atoms with van der Waals surface area (Å²) in [6.07, 6.45) is 4.68. The van der Waals surface area contributed by atoms with Gasteiger partial charge in [0.15, 0.2) is 0 Å². The molecule has 2 aromatic rings. The number of hydrogen-bond donors (Lipinski definition) is 1. The predicted octanol–water partition coefficient (Wildman–Crippen LogP) is 2.84. The molecule has 4 nitrogen and oxygen atoms in total. The van der Waals surface area contributed by atoms with Gasteiger partial charge >= 0.3 is 0 Å². The van der Waals surface area contributed by atoms with Gasteiger partial charge in [-0.25, -0.2) is 8.78 Å². The molecule has 1 aromatic heterocycles. The van der Waals surface area contributed by atoms with E-state index in [1.165, 1.54) is 5.57 Å². The fourth-order valence-corrected chi connectivity index (χ4v) is 2.61. The number of carbonyl (C=O) groups excluding carboxylic acids is 1. The van der Waals surface area contributed by atoms with Crippen LogP contribution in [0.4, 0.5) is 8.78 Å². The molecule has 2 heterocycles. The first-order chi connectivity index (χ1) is 11.6. The zero-order valence-corrected chi connectivity index (χ0v) is 13.0. The van der Waals surface area contributed by atoms with Crippen molar-refractivity contribution in [1.82, 2.24) is 15.2 Å². The van der Waals surface area contributed by atoms with Crippen LogP contribution < -0.4 is 5.32 Å². The average Bonchev–Trinajstić information content (AvgIpc) is 2.60. The normalized spacial score (nSPS) is 15.0. The lowest BCUT2D eigenvalue weighted by Crippen LogP contribution is -2.39. The number of rotatable bonds is 4. The quantitative estimate of drug-likeness (QED) is 0.938. The summed E-state index contributed by atoms with van der Waals surface area (Å²) in [5, 5.41) is 2.69. The maximum atomic E-state index is 13.1. The zero-order valence-electron chi connectivity index (χ0n) is 13.0. The van der Waals surface area contributed by atoms with E-state index >= 15 is 0 Å². The molecule has 3 rings (SSSR count). The van der Waals surface area contributed by atoms with Crippen LogP contribution in [0.5, 0.6) is 0 Å². The van der Waals surface area contributed by atoms with Gasteiger partial charge in [0, 0.05) is 30.9 Å². The molecule has 0 spiro atoms. The number of nitrogens with one attached hydrogen (secondary N) is 1. The number of halogens is 2. The van der Waals surface area contributed by atoms with E-state index < -0.39 is 17.5 Å². The molecular formula is C18H17F2N3O. The maximum Gasteiger partial charge on any atom is 0.252 e. The van der Waals surface area contributed by atoms with Crippen LogP contribution >= 0.6 is 0 Å². The molecule has 6 heteroatoms. The molecule has 1 aliphatic rings. The second-order valence-corrected chi connectivity index (χ2v) is 5.59. The van der Waals surface area contributed by atoms with E-state index in [2.05, 4.69) is 16.4 Å². The molecular weight excluding hydrogens is 312 g/mol. The van der Waals surface area contributed by atoms with E-state index in [9.17, 15) is 13.6 Å². The molecule has 0 aliphatic carbocycles. The minimum absolute atomic E-state index is 0.0192.